The van der Waals surface area contributed by atoms with Gasteiger partial charge in [0.05, 0.1) is 18.9 Å². The van der Waals surface area contributed by atoms with Crippen LogP contribution in [0.5, 0.6) is 5.75 Å². The molecular weight excluding hydrogens is 446 g/mol. The molecule has 0 saturated carbocycles. The van der Waals surface area contributed by atoms with Gasteiger partial charge in [0.15, 0.2) is 6.04 Å². The van der Waals surface area contributed by atoms with Gasteiger partial charge in [-0.1, -0.05) is 29.5 Å². The number of furan rings is 1. The third-order valence-corrected chi connectivity index (χ3v) is 5.41. The van der Waals surface area contributed by atoms with Crippen molar-refractivity contribution < 1.29 is 18.7 Å². The van der Waals surface area contributed by atoms with E-state index in [1.165, 1.54) is 11.2 Å². The summed E-state index contributed by atoms with van der Waals surface area (Å²) in [6.07, 6.45) is 1.49. The zero-order chi connectivity index (χ0) is 25.0. The number of carbonyl (C=O) groups is 2. The van der Waals surface area contributed by atoms with Crippen LogP contribution in [0, 0.1) is 0 Å². The first kappa shape index (κ1) is 24.0. The van der Waals surface area contributed by atoms with Gasteiger partial charge in [0, 0.05) is 12.1 Å². The summed E-state index contributed by atoms with van der Waals surface area (Å²) in [6.45, 7) is 5.76. The number of carbonyl (C=O) groups excluding carboxylic acids is 2. The van der Waals surface area contributed by atoms with Gasteiger partial charge in [0.25, 0.3) is 5.91 Å². The maximum Gasteiger partial charge on any atom is 0.251 e. The van der Waals surface area contributed by atoms with Gasteiger partial charge in [-0.25, -0.2) is 4.68 Å². The first-order chi connectivity index (χ1) is 16.7. The molecule has 0 saturated heterocycles. The predicted octanol–water partition coefficient (Wildman–Crippen LogP) is 3.72. The summed E-state index contributed by atoms with van der Waals surface area (Å²) in [7, 11) is 1.59. The van der Waals surface area contributed by atoms with Crippen LogP contribution in [0.3, 0.4) is 0 Å². The van der Waals surface area contributed by atoms with E-state index < -0.39 is 11.6 Å². The van der Waals surface area contributed by atoms with Gasteiger partial charge in [-0.05, 0) is 62.7 Å². The number of para-hydroxylation sites is 1. The molecule has 2 aromatic heterocycles. The molecule has 1 N–H and O–H groups in total. The standard InChI is InChI=1S/C26H29N5O4/c1-26(2,3)27-25(33)24(22-10-7-15-35-22)30(16-18-11-13-19(34-4)14-12-18)23(32)17-31-21-9-6-5-8-20(21)28-29-31/h5-15,24H,16-17H2,1-4H3,(H,27,33)/t24-/m0/s1. The minimum absolute atomic E-state index is 0.0866. The van der Waals surface area contributed by atoms with Gasteiger partial charge in [-0.3, -0.25) is 9.59 Å². The van der Waals surface area contributed by atoms with Crippen molar-refractivity contribution in [1.29, 1.82) is 0 Å². The second-order valence-electron chi connectivity index (χ2n) is 9.26. The smallest absolute Gasteiger partial charge is 0.251 e. The number of hydrogen-bond acceptors (Lipinski definition) is 6. The molecule has 0 spiro atoms. The number of aromatic nitrogens is 3. The second kappa shape index (κ2) is 10.0. The minimum atomic E-state index is -0.978. The SMILES string of the molecule is COc1ccc(CN(C(=O)Cn2nnc3ccccc32)[C@H](C(=O)NC(C)(C)C)c2ccco2)cc1. The largest absolute Gasteiger partial charge is 0.497 e. The van der Waals surface area contributed by atoms with Gasteiger partial charge in [0.2, 0.25) is 5.91 Å². The molecule has 0 radical (unpaired) electrons. The Morgan fingerprint density at radius 1 is 1.09 bits per heavy atom. The summed E-state index contributed by atoms with van der Waals surface area (Å²) in [6, 6.07) is 17.2. The average molecular weight is 476 g/mol. The molecule has 0 bridgehead atoms. The fraction of sp³-hybridized carbons (Fsp3) is 0.308. The number of amides is 2. The molecule has 0 aliphatic carbocycles. The van der Waals surface area contributed by atoms with Crippen molar-refractivity contribution in [3.8, 4) is 5.75 Å². The van der Waals surface area contributed by atoms with Crippen molar-refractivity contribution in [3.05, 3.63) is 78.3 Å². The highest BCUT2D eigenvalue weighted by molar-refractivity contribution is 5.89. The molecule has 0 unspecified atom stereocenters. The molecule has 9 heteroatoms. The molecule has 0 aliphatic heterocycles. The third kappa shape index (κ3) is 5.68. The van der Waals surface area contributed by atoms with Gasteiger partial charge in [0.1, 0.15) is 23.6 Å². The Bertz CT molecular complexity index is 1290. The van der Waals surface area contributed by atoms with Crippen LogP contribution < -0.4 is 10.1 Å². The lowest BCUT2D eigenvalue weighted by Gasteiger charge is -2.32. The first-order valence-electron chi connectivity index (χ1n) is 11.3. The van der Waals surface area contributed by atoms with Gasteiger partial charge in [-0.2, -0.15) is 0 Å². The number of benzene rings is 2. The summed E-state index contributed by atoms with van der Waals surface area (Å²) < 4.78 is 12.4. The van der Waals surface area contributed by atoms with Crippen LogP contribution in [0.2, 0.25) is 0 Å². The quantitative estimate of drug-likeness (QED) is 0.417. The number of nitrogens with zero attached hydrogens (tertiary/aromatic N) is 4. The lowest BCUT2D eigenvalue weighted by molar-refractivity contribution is -0.143. The predicted molar refractivity (Wildman–Crippen MR) is 130 cm³/mol. The summed E-state index contributed by atoms with van der Waals surface area (Å²) in [5.74, 6) is 0.436. The monoisotopic (exact) mass is 475 g/mol. The molecule has 9 nitrogen and oxygen atoms in total. The van der Waals surface area contributed by atoms with Crippen LogP contribution in [-0.4, -0.2) is 44.4 Å². The van der Waals surface area contributed by atoms with Crippen molar-refractivity contribution in [1.82, 2.24) is 25.2 Å². The number of nitrogens with one attached hydrogen (secondary N) is 1. The highest BCUT2D eigenvalue weighted by Crippen LogP contribution is 2.26. The molecule has 2 heterocycles. The Labute approximate surface area is 203 Å². The van der Waals surface area contributed by atoms with Crippen molar-refractivity contribution in [2.75, 3.05) is 7.11 Å². The molecule has 2 aromatic carbocycles. The van der Waals surface area contributed by atoms with E-state index in [4.69, 9.17) is 9.15 Å². The van der Waals surface area contributed by atoms with Crippen molar-refractivity contribution in [3.63, 3.8) is 0 Å². The van der Waals surface area contributed by atoms with E-state index >= 15 is 0 Å². The average Bonchev–Trinajstić information content (AvgIpc) is 3.49. The van der Waals surface area contributed by atoms with Crippen molar-refractivity contribution in [2.24, 2.45) is 0 Å². The summed E-state index contributed by atoms with van der Waals surface area (Å²) in [5.41, 5.74) is 1.76. The number of hydrogen-bond donors (Lipinski definition) is 1. The Balaban J connectivity index is 1.72. The number of fused-ring (bicyclic) bond motifs is 1. The van der Waals surface area contributed by atoms with Gasteiger partial charge < -0.3 is 19.4 Å². The first-order valence-corrected chi connectivity index (χ1v) is 11.3. The van der Waals surface area contributed by atoms with Crippen LogP contribution in [-0.2, 0) is 22.7 Å². The Hall–Kier alpha value is -4.14. The van der Waals surface area contributed by atoms with E-state index in [0.29, 0.717) is 17.0 Å². The lowest BCUT2D eigenvalue weighted by Crippen LogP contribution is -2.49. The molecular formula is C26H29N5O4. The fourth-order valence-electron chi connectivity index (χ4n) is 3.81. The van der Waals surface area contributed by atoms with Gasteiger partial charge >= 0.3 is 0 Å². The third-order valence-electron chi connectivity index (χ3n) is 5.41. The van der Waals surface area contributed by atoms with Crippen LogP contribution in [0.4, 0.5) is 0 Å². The van der Waals surface area contributed by atoms with E-state index in [2.05, 4.69) is 15.6 Å². The second-order valence-corrected chi connectivity index (χ2v) is 9.26. The zero-order valence-electron chi connectivity index (χ0n) is 20.3. The molecule has 182 valence electrons. The van der Waals surface area contributed by atoms with E-state index in [-0.39, 0.29) is 24.9 Å². The van der Waals surface area contributed by atoms with E-state index in [1.807, 2.05) is 69.3 Å². The Morgan fingerprint density at radius 3 is 2.49 bits per heavy atom. The number of methoxy groups -OCH3 is 1. The van der Waals surface area contributed by atoms with Crippen LogP contribution >= 0.6 is 0 Å². The van der Waals surface area contributed by atoms with E-state index in [9.17, 15) is 9.59 Å². The minimum Gasteiger partial charge on any atom is -0.497 e. The summed E-state index contributed by atoms with van der Waals surface area (Å²) >= 11 is 0. The maximum absolute atomic E-state index is 13.8. The van der Waals surface area contributed by atoms with Crippen molar-refractivity contribution in [2.45, 2.75) is 45.4 Å². The Kier molecular flexibility index (Phi) is 6.86. The molecule has 35 heavy (non-hydrogen) atoms. The highest BCUT2D eigenvalue weighted by Gasteiger charge is 2.35. The van der Waals surface area contributed by atoms with E-state index in [0.717, 1.165) is 11.1 Å². The summed E-state index contributed by atoms with van der Waals surface area (Å²) in [5, 5.41) is 11.3. The maximum atomic E-state index is 13.8. The fourth-order valence-corrected chi connectivity index (χ4v) is 3.81. The summed E-state index contributed by atoms with van der Waals surface area (Å²) in [4.78, 5) is 28.8. The lowest BCUT2D eigenvalue weighted by atomic mass is 10.1. The number of rotatable bonds is 8. The molecule has 1 atom stereocenters. The molecule has 0 aliphatic rings. The molecule has 4 rings (SSSR count). The highest BCUT2D eigenvalue weighted by atomic mass is 16.5. The molecule has 0 fully saturated rings. The van der Waals surface area contributed by atoms with Crippen LogP contribution in [0.25, 0.3) is 11.0 Å². The topological polar surface area (TPSA) is 102 Å². The zero-order valence-corrected chi connectivity index (χ0v) is 20.3. The molecule has 2 amide bonds. The molecule has 4 aromatic rings. The van der Waals surface area contributed by atoms with Crippen LogP contribution in [0.15, 0.2) is 71.3 Å². The normalized spacial score (nSPS) is 12.3. The van der Waals surface area contributed by atoms with Crippen molar-refractivity contribution >= 4 is 22.8 Å². The number of ether oxygens (including phenoxy) is 1. The van der Waals surface area contributed by atoms with Gasteiger partial charge in [-0.15, -0.1) is 5.10 Å². The Morgan fingerprint density at radius 2 is 1.83 bits per heavy atom. The van der Waals surface area contributed by atoms with Crippen LogP contribution in [0.1, 0.15) is 38.1 Å². The van der Waals surface area contributed by atoms with E-state index in [1.54, 1.807) is 23.9 Å².